The molecule has 98 valence electrons. The lowest BCUT2D eigenvalue weighted by atomic mass is 10.2. The van der Waals surface area contributed by atoms with E-state index in [1.54, 1.807) is 4.90 Å². The Morgan fingerprint density at radius 1 is 1.35 bits per heavy atom. The molecule has 1 fully saturated rings. The highest BCUT2D eigenvalue weighted by Gasteiger charge is 2.25. The average molecular weight is 244 g/mol. The normalized spacial score (nSPS) is 24.5. The first-order chi connectivity index (χ1) is 7.99. The lowest BCUT2D eigenvalue weighted by Crippen LogP contribution is -2.51. The van der Waals surface area contributed by atoms with Crippen LogP contribution in [0.3, 0.4) is 0 Å². The van der Waals surface area contributed by atoms with Crippen LogP contribution in [-0.2, 0) is 9.53 Å². The van der Waals surface area contributed by atoms with Gasteiger partial charge in [-0.15, -0.1) is 0 Å². The summed E-state index contributed by atoms with van der Waals surface area (Å²) in [5.74, 6) is -0.840. The van der Waals surface area contributed by atoms with Crippen molar-refractivity contribution >= 4 is 12.0 Å². The monoisotopic (exact) mass is 244 g/mol. The summed E-state index contributed by atoms with van der Waals surface area (Å²) in [6.07, 6.45) is 0.624. The summed E-state index contributed by atoms with van der Waals surface area (Å²) in [7, 11) is 0. The molecule has 0 bridgehead atoms. The maximum absolute atomic E-state index is 11.7. The number of ether oxygens (including phenoxy) is 1. The summed E-state index contributed by atoms with van der Waals surface area (Å²) in [4.78, 5) is 23.7. The van der Waals surface area contributed by atoms with E-state index in [0.29, 0.717) is 26.1 Å². The van der Waals surface area contributed by atoms with Crippen LogP contribution in [0.4, 0.5) is 4.79 Å². The van der Waals surface area contributed by atoms with Gasteiger partial charge in [0.15, 0.2) is 0 Å². The zero-order chi connectivity index (χ0) is 12.8. The third-order valence-corrected chi connectivity index (χ3v) is 2.55. The molecule has 1 aliphatic heterocycles. The van der Waals surface area contributed by atoms with E-state index in [9.17, 15) is 9.59 Å². The van der Waals surface area contributed by atoms with Gasteiger partial charge in [-0.1, -0.05) is 0 Å². The summed E-state index contributed by atoms with van der Waals surface area (Å²) in [5.41, 5.74) is 0. The van der Waals surface area contributed by atoms with Gasteiger partial charge >= 0.3 is 12.0 Å². The third-order valence-electron chi connectivity index (χ3n) is 2.55. The smallest absolute Gasteiger partial charge is 0.317 e. The molecule has 6 heteroatoms. The van der Waals surface area contributed by atoms with E-state index in [1.165, 1.54) is 0 Å². The van der Waals surface area contributed by atoms with E-state index >= 15 is 0 Å². The zero-order valence-corrected chi connectivity index (χ0v) is 10.3. The number of carbonyl (C=O) groups is 2. The van der Waals surface area contributed by atoms with Gasteiger partial charge in [0, 0.05) is 26.1 Å². The minimum absolute atomic E-state index is 0.0449. The first kappa shape index (κ1) is 13.8. The number of hydrogen-bond donors (Lipinski definition) is 2. The van der Waals surface area contributed by atoms with E-state index in [1.807, 2.05) is 13.8 Å². The molecule has 2 N–H and O–H groups in total. The van der Waals surface area contributed by atoms with E-state index < -0.39 is 5.97 Å². The van der Waals surface area contributed by atoms with Gasteiger partial charge in [-0.25, -0.2) is 4.79 Å². The number of carbonyl (C=O) groups excluding carboxylic acids is 1. The van der Waals surface area contributed by atoms with Crippen LogP contribution in [0.2, 0.25) is 0 Å². The van der Waals surface area contributed by atoms with Crippen molar-refractivity contribution in [3.05, 3.63) is 0 Å². The lowest BCUT2D eigenvalue weighted by Gasteiger charge is -2.35. The summed E-state index contributed by atoms with van der Waals surface area (Å²) < 4.78 is 5.52. The van der Waals surface area contributed by atoms with E-state index in [4.69, 9.17) is 9.84 Å². The summed E-state index contributed by atoms with van der Waals surface area (Å²) in [5, 5.41) is 11.2. The van der Waals surface area contributed by atoms with Crippen LogP contribution >= 0.6 is 0 Å². The first-order valence-electron chi connectivity index (χ1n) is 5.89. The average Bonchev–Trinajstić information content (AvgIpc) is 2.22. The third kappa shape index (κ3) is 5.04. The minimum Gasteiger partial charge on any atom is -0.481 e. The molecule has 2 atom stereocenters. The molecule has 0 aliphatic carbocycles. The molecule has 1 aliphatic rings. The highest BCUT2D eigenvalue weighted by molar-refractivity contribution is 5.74. The Labute approximate surface area is 101 Å². The molecule has 0 saturated carbocycles. The number of morpholine rings is 1. The fourth-order valence-corrected chi connectivity index (χ4v) is 1.89. The van der Waals surface area contributed by atoms with Gasteiger partial charge in [-0.2, -0.15) is 0 Å². The van der Waals surface area contributed by atoms with Crippen LogP contribution in [0, 0.1) is 0 Å². The van der Waals surface area contributed by atoms with Crippen molar-refractivity contribution in [1.82, 2.24) is 10.2 Å². The minimum atomic E-state index is -0.840. The Balaban J connectivity index is 2.24. The molecule has 2 amide bonds. The second-order valence-corrected chi connectivity index (χ2v) is 4.39. The van der Waals surface area contributed by atoms with Crippen molar-refractivity contribution in [1.29, 1.82) is 0 Å². The zero-order valence-electron chi connectivity index (χ0n) is 10.3. The first-order valence-corrected chi connectivity index (χ1v) is 5.89. The van der Waals surface area contributed by atoms with Crippen molar-refractivity contribution in [2.24, 2.45) is 0 Å². The van der Waals surface area contributed by atoms with Crippen LogP contribution < -0.4 is 5.32 Å². The van der Waals surface area contributed by atoms with Gasteiger partial charge in [0.25, 0.3) is 0 Å². The Kier molecular flexibility index (Phi) is 5.21. The largest absolute Gasteiger partial charge is 0.481 e. The summed E-state index contributed by atoms with van der Waals surface area (Å²) in [6.45, 7) is 5.41. The second-order valence-electron chi connectivity index (χ2n) is 4.39. The molecule has 17 heavy (non-hydrogen) atoms. The maximum Gasteiger partial charge on any atom is 0.317 e. The number of rotatable bonds is 4. The molecule has 1 heterocycles. The predicted molar refractivity (Wildman–Crippen MR) is 61.9 cm³/mol. The van der Waals surface area contributed by atoms with Gasteiger partial charge in [-0.3, -0.25) is 4.79 Å². The van der Waals surface area contributed by atoms with E-state index in [0.717, 1.165) is 0 Å². The number of aliphatic carboxylic acids is 1. The number of hydrogen-bond acceptors (Lipinski definition) is 3. The number of carboxylic acid groups (broad SMARTS) is 1. The molecule has 0 aromatic carbocycles. The van der Waals surface area contributed by atoms with Crippen LogP contribution in [0.5, 0.6) is 0 Å². The molecule has 0 spiro atoms. The van der Waals surface area contributed by atoms with Crippen molar-refractivity contribution < 1.29 is 19.4 Å². The Morgan fingerprint density at radius 2 is 1.94 bits per heavy atom. The molecule has 0 aromatic heterocycles. The number of carboxylic acids is 1. The Bertz CT molecular complexity index is 273. The van der Waals surface area contributed by atoms with Gasteiger partial charge in [0.1, 0.15) is 0 Å². The highest BCUT2D eigenvalue weighted by Crippen LogP contribution is 2.10. The standard InChI is InChI=1S/C11H20N2O4/c1-8-6-13(7-9(2)17-8)11(16)12-5-3-4-10(14)15/h8-9H,3-7H2,1-2H3,(H,12,16)(H,14,15)/t8-,9+. The summed E-state index contributed by atoms with van der Waals surface area (Å²) in [6, 6.07) is -0.141. The molecule has 6 nitrogen and oxygen atoms in total. The maximum atomic E-state index is 11.7. The SMILES string of the molecule is C[C@@H]1CN(C(=O)NCCCC(=O)O)C[C@H](C)O1. The van der Waals surface area contributed by atoms with Gasteiger partial charge < -0.3 is 20.1 Å². The quantitative estimate of drug-likeness (QED) is 0.712. The number of nitrogens with one attached hydrogen (secondary N) is 1. The number of nitrogens with zero attached hydrogens (tertiary/aromatic N) is 1. The molecule has 0 unspecified atom stereocenters. The highest BCUT2D eigenvalue weighted by atomic mass is 16.5. The van der Waals surface area contributed by atoms with Gasteiger partial charge in [-0.05, 0) is 20.3 Å². The summed E-state index contributed by atoms with van der Waals surface area (Å²) >= 11 is 0. The Morgan fingerprint density at radius 3 is 2.47 bits per heavy atom. The molecular formula is C11H20N2O4. The fraction of sp³-hybridized carbons (Fsp3) is 0.818. The molecule has 1 saturated heterocycles. The van der Waals surface area contributed by atoms with Crippen molar-refractivity contribution in [2.75, 3.05) is 19.6 Å². The second kappa shape index (κ2) is 6.44. The van der Waals surface area contributed by atoms with Crippen LogP contribution in [0.25, 0.3) is 0 Å². The Hall–Kier alpha value is -1.30. The molecule has 0 radical (unpaired) electrons. The number of amides is 2. The lowest BCUT2D eigenvalue weighted by molar-refractivity contribution is -0.137. The molecule has 1 rings (SSSR count). The van der Waals surface area contributed by atoms with Gasteiger partial charge in [0.2, 0.25) is 0 Å². The fourth-order valence-electron chi connectivity index (χ4n) is 1.89. The van der Waals surface area contributed by atoms with Gasteiger partial charge in [0.05, 0.1) is 12.2 Å². The molecular weight excluding hydrogens is 224 g/mol. The van der Waals surface area contributed by atoms with Crippen LogP contribution in [-0.4, -0.2) is 53.8 Å². The van der Waals surface area contributed by atoms with E-state index in [-0.39, 0.29) is 24.7 Å². The van der Waals surface area contributed by atoms with Crippen molar-refractivity contribution in [2.45, 2.75) is 38.9 Å². The van der Waals surface area contributed by atoms with Crippen molar-refractivity contribution in [3.63, 3.8) is 0 Å². The van der Waals surface area contributed by atoms with Crippen molar-refractivity contribution in [3.8, 4) is 0 Å². The van der Waals surface area contributed by atoms with Crippen LogP contribution in [0.15, 0.2) is 0 Å². The van der Waals surface area contributed by atoms with E-state index in [2.05, 4.69) is 5.32 Å². The molecule has 0 aromatic rings. The van der Waals surface area contributed by atoms with Crippen LogP contribution in [0.1, 0.15) is 26.7 Å². The topological polar surface area (TPSA) is 78.9 Å². The predicted octanol–water partition coefficient (Wildman–Crippen LogP) is 0.670. The number of urea groups is 1.